The number of hydrogen-bond acceptors (Lipinski definition) is 2. The largest absolute Gasteiger partial charge is 0.481 e. The maximum atomic E-state index is 12.4. The predicted molar refractivity (Wildman–Crippen MR) is 105 cm³/mol. The number of carboxylic acid groups (broad SMARTS) is 2. The highest BCUT2D eigenvalue weighted by atomic mass is 16.4. The van der Waals surface area contributed by atoms with Crippen molar-refractivity contribution in [3.8, 4) is 0 Å². The van der Waals surface area contributed by atoms with E-state index >= 15 is 0 Å². The first kappa shape index (κ1) is 23.0. The van der Waals surface area contributed by atoms with Crippen LogP contribution >= 0.6 is 0 Å². The molecule has 4 heteroatoms. The highest BCUT2D eigenvalue weighted by Crippen LogP contribution is 2.61. The summed E-state index contributed by atoms with van der Waals surface area (Å²) in [6.07, 6.45) is 12.7. The van der Waals surface area contributed by atoms with E-state index in [2.05, 4.69) is 13.8 Å². The molecule has 1 aliphatic carbocycles. The lowest BCUT2D eigenvalue weighted by atomic mass is 9.58. The van der Waals surface area contributed by atoms with Crippen molar-refractivity contribution in [2.75, 3.05) is 0 Å². The normalized spacial score (nSPS) is 28.3. The Morgan fingerprint density at radius 2 is 1.31 bits per heavy atom. The predicted octanol–water partition coefficient (Wildman–Crippen LogP) is 6.28. The molecule has 3 unspecified atom stereocenters. The molecule has 26 heavy (non-hydrogen) atoms. The number of hydrogen-bond donors (Lipinski definition) is 2. The highest BCUT2D eigenvalue weighted by molar-refractivity contribution is 5.87. The van der Waals surface area contributed by atoms with Crippen molar-refractivity contribution in [3.63, 3.8) is 0 Å². The molecular formula is C22H40O4. The van der Waals surface area contributed by atoms with Crippen molar-refractivity contribution in [3.05, 3.63) is 0 Å². The molecule has 1 saturated carbocycles. The van der Waals surface area contributed by atoms with E-state index in [0.29, 0.717) is 25.7 Å². The molecule has 1 aliphatic rings. The van der Waals surface area contributed by atoms with Crippen molar-refractivity contribution in [1.29, 1.82) is 0 Å². The molecule has 0 spiro atoms. The third kappa shape index (κ3) is 4.80. The first-order valence-electron chi connectivity index (χ1n) is 10.9. The van der Waals surface area contributed by atoms with Gasteiger partial charge in [-0.05, 0) is 31.6 Å². The topological polar surface area (TPSA) is 74.6 Å². The van der Waals surface area contributed by atoms with Gasteiger partial charge in [-0.15, -0.1) is 0 Å². The van der Waals surface area contributed by atoms with Crippen LogP contribution in [0.1, 0.15) is 111 Å². The molecule has 3 atom stereocenters. The van der Waals surface area contributed by atoms with Crippen molar-refractivity contribution in [1.82, 2.24) is 0 Å². The van der Waals surface area contributed by atoms with E-state index in [1.54, 1.807) is 0 Å². The first-order valence-corrected chi connectivity index (χ1v) is 10.9. The van der Waals surface area contributed by atoms with Gasteiger partial charge in [0.15, 0.2) is 0 Å². The van der Waals surface area contributed by atoms with Crippen LogP contribution < -0.4 is 0 Å². The monoisotopic (exact) mass is 368 g/mol. The Hall–Kier alpha value is -1.06. The molecule has 0 bridgehead atoms. The second-order valence-electron chi connectivity index (χ2n) is 8.43. The van der Waals surface area contributed by atoms with Crippen LogP contribution in [0.15, 0.2) is 0 Å². The van der Waals surface area contributed by atoms with Gasteiger partial charge in [-0.25, -0.2) is 0 Å². The second-order valence-corrected chi connectivity index (χ2v) is 8.43. The number of carboxylic acids is 2. The van der Waals surface area contributed by atoms with Gasteiger partial charge in [0.25, 0.3) is 0 Å². The molecule has 1 rings (SSSR count). The van der Waals surface area contributed by atoms with Gasteiger partial charge in [0.1, 0.15) is 0 Å². The van der Waals surface area contributed by atoms with E-state index in [9.17, 15) is 19.8 Å². The van der Waals surface area contributed by atoms with Crippen LogP contribution in [0.25, 0.3) is 0 Å². The smallest absolute Gasteiger partial charge is 0.311 e. The summed E-state index contributed by atoms with van der Waals surface area (Å²) in [5, 5.41) is 20.3. The molecule has 0 radical (unpaired) electrons. The summed E-state index contributed by atoms with van der Waals surface area (Å²) in [5.41, 5.74) is -2.19. The van der Waals surface area contributed by atoms with Gasteiger partial charge in [0.05, 0.1) is 10.8 Å². The lowest BCUT2D eigenvalue weighted by molar-refractivity contribution is -0.176. The minimum absolute atomic E-state index is 0.0714. The van der Waals surface area contributed by atoms with E-state index in [1.807, 2.05) is 6.92 Å². The Morgan fingerprint density at radius 1 is 0.808 bits per heavy atom. The SMILES string of the molecule is CCCCCCCC1(C(=O)O)CCC(C)C1(CCCCCCC)C(=O)O. The Balaban J connectivity index is 2.95. The van der Waals surface area contributed by atoms with Gasteiger partial charge in [-0.1, -0.05) is 85.0 Å². The molecule has 0 aromatic carbocycles. The van der Waals surface area contributed by atoms with Crippen LogP contribution in [-0.2, 0) is 9.59 Å². The molecule has 152 valence electrons. The van der Waals surface area contributed by atoms with Crippen LogP contribution in [0.5, 0.6) is 0 Å². The van der Waals surface area contributed by atoms with Crippen molar-refractivity contribution < 1.29 is 19.8 Å². The summed E-state index contributed by atoms with van der Waals surface area (Å²) < 4.78 is 0. The molecule has 0 aromatic rings. The van der Waals surface area contributed by atoms with Crippen LogP contribution in [-0.4, -0.2) is 22.2 Å². The number of unbranched alkanes of at least 4 members (excludes halogenated alkanes) is 8. The molecule has 0 saturated heterocycles. The van der Waals surface area contributed by atoms with Crippen molar-refractivity contribution >= 4 is 11.9 Å². The maximum absolute atomic E-state index is 12.4. The summed E-state index contributed by atoms with van der Waals surface area (Å²) in [4.78, 5) is 24.8. The lowest BCUT2D eigenvalue weighted by Gasteiger charge is -2.42. The third-order valence-corrected chi connectivity index (χ3v) is 6.87. The summed E-state index contributed by atoms with van der Waals surface area (Å²) in [7, 11) is 0. The fourth-order valence-electron chi connectivity index (χ4n) is 5.20. The van der Waals surface area contributed by atoms with Crippen LogP contribution in [0.4, 0.5) is 0 Å². The second kappa shape index (κ2) is 10.9. The number of rotatable bonds is 14. The van der Waals surface area contributed by atoms with Gasteiger partial charge >= 0.3 is 11.9 Å². The standard InChI is InChI=1S/C22H40O4/c1-4-6-8-10-12-15-21(19(23)24)17-14-18(3)22(21,20(25)26)16-13-11-9-7-5-2/h18H,4-17H2,1-3H3,(H,23,24)(H,25,26). The summed E-state index contributed by atoms with van der Waals surface area (Å²) in [5.74, 6) is -1.83. The lowest BCUT2D eigenvalue weighted by Crippen LogP contribution is -2.51. The Morgan fingerprint density at radius 3 is 1.77 bits per heavy atom. The van der Waals surface area contributed by atoms with Gasteiger partial charge in [-0.2, -0.15) is 0 Å². The summed E-state index contributed by atoms with van der Waals surface area (Å²) in [6, 6.07) is 0. The molecule has 4 nitrogen and oxygen atoms in total. The average Bonchev–Trinajstić information content (AvgIpc) is 2.89. The molecule has 0 amide bonds. The van der Waals surface area contributed by atoms with Crippen LogP contribution in [0.2, 0.25) is 0 Å². The van der Waals surface area contributed by atoms with Gasteiger partial charge in [0.2, 0.25) is 0 Å². The summed E-state index contributed by atoms with van der Waals surface area (Å²) in [6.45, 7) is 6.28. The molecule has 0 heterocycles. The molecule has 1 fully saturated rings. The van der Waals surface area contributed by atoms with E-state index in [1.165, 1.54) is 0 Å². The Bertz CT molecular complexity index is 447. The van der Waals surface area contributed by atoms with Crippen LogP contribution in [0.3, 0.4) is 0 Å². The van der Waals surface area contributed by atoms with Crippen molar-refractivity contribution in [2.24, 2.45) is 16.7 Å². The van der Waals surface area contributed by atoms with Gasteiger partial charge in [-0.3, -0.25) is 9.59 Å². The van der Waals surface area contributed by atoms with E-state index in [0.717, 1.165) is 64.2 Å². The highest BCUT2D eigenvalue weighted by Gasteiger charge is 2.66. The number of carbonyl (C=O) groups is 2. The maximum Gasteiger partial charge on any atom is 0.311 e. The fraction of sp³-hybridized carbons (Fsp3) is 0.909. The zero-order chi connectivity index (χ0) is 19.6. The summed E-state index contributed by atoms with van der Waals surface area (Å²) >= 11 is 0. The van der Waals surface area contributed by atoms with E-state index < -0.39 is 22.8 Å². The van der Waals surface area contributed by atoms with Gasteiger partial charge < -0.3 is 10.2 Å². The molecule has 0 aromatic heterocycles. The zero-order valence-corrected chi connectivity index (χ0v) is 17.2. The molecular weight excluding hydrogens is 328 g/mol. The minimum Gasteiger partial charge on any atom is -0.481 e. The van der Waals surface area contributed by atoms with E-state index in [-0.39, 0.29) is 5.92 Å². The average molecular weight is 369 g/mol. The van der Waals surface area contributed by atoms with Crippen LogP contribution in [0, 0.1) is 16.7 Å². The zero-order valence-electron chi connectivity index (χ0n) is 17.2. The molecule has 2 N–H and O–H groups in total. The van der Waals surface area contributed by atoms with Crippen molar-refractivity contribution in [2.45, 2.75) is 111 Å². The number of aliphatic carboxylic acids is 2. The first-order chi connectivity index (χ1) is 12.4. The Kier molecular flexibility index (Phi) is 9.67. The minimum atomic E-state index is -1.10. The van der Waals surface area contributed by atoms with Gasteiger partial charge in [0, 0.05) is 0 Å². The quantitative estimate of drug-likeness (QED) is 0.354. The Labute approximate surface area is 159 Å². The fourth-order valence-corrected chi connectivity index (χ4v) is 5.20. The third-order valence-electron chi connectivity index (χ3n) is 6.87. The van der Waals surface area contributed by atoms with E-state index in [4.69, 9.17) is 0 Å². The molecule has 0 aliphatic heterocycles.